The van der Waals surface area contributed by atoms with E-state index in [1.807, 2.05) is 12.1 Å². The Morgan fingerprint density at radius 1 is 0.950 bits per heavy atom. The Morgan fingerprint density at radius 3 is 2.55 bits per heavy atom. The SMILES string of the molecule is O=C1CC2C(c3ccccc3)=Cc3ccccc3C2N1. The maximum atomic E-state index is 11.9. The molecule has 4 rings (SSSR count). The van der Waals surface area contributed by atoms with Crippen molar-refractivity contribution in [2.45, 2.75) is 12.5 Å². The van der Waals surface area contributed by atoms with E-state index in [0.29, 0.717) is 6.42 Å². The van der Waals surface area contributed by atoms with Crippen LogP contribution in [0.3, 0.4) is 0 Å². The minimum atomic E-state index is 0.124. The van der Waals surface area contributed by atoms with Crippen LogP contribution in [-0.4, -0.2) is 5.91 Å². The topological polar surface area (TPSA) is 29.1 Å². The second-order valence-corrected chi connectivity index (χ2v) is 5.45. The van der Waals surface area contributed by atoms with Crippen molar-refractivity contribution < 1.29 is 4.79 Å². The highest BCUT2D eigenvalue weighted by Gasteiger charge is 2.39. The van der Waals surface area contributed by atoms with Crippen molar-refractivity contribution in [2.75, 3.05) is 0 Å². The van der Waals surface area contributed by atoms with Crippen LogP contribution in [-0.2, 0) is 4.79 Å². The van der Waals surface area contributed by atoms with E-state index < -0.39 is 0 Å². The number of hydrogen-bond acceptors (Lipinski definition) is 1. The number of rotatable bonds is 1. The molecular formula is C18H15NO. The fourth-order valence-electron chi connectivity index (χ4n) is 3.36. The number of carbonyl (C=O) groups excluding carboxylic acids is 1. The third kappa shape index (κ3) is 1.68. The molecule has 0 aromatic heterocycles. The molecule has 1 heterocycles. The fourth-order valence-corrected chi connectivity index (χ4v) is 3.36. The highest BCUT2D eigenvalue weighted by molar-refractivity contribution is 5.92. The molecule has 2 unspecified atom stereocenters. The van der Waals surface area contributed by atoms with Gasteiger partial charge in [-0.1, -0.05) is 60.7 Å². The van der Waals surface area contributed by atoms with Crippen LogP contribution in [0, 0.1) is 5.92 Å². The van der Waals surface area contributed by atoms with Crippen LogP contribution in [0.25, 0.3) is 11.6 Å². The van der Waals surface area contributed by atoms with Crippen molar-refractivity contribution in [1.82, 2.24) is 5.32 Å². The molecule has 1 saturated heterocycles. The quantitative estimate of drug-likeness (QED) is 0.837. The first kappa shape index (κ1) is 11.5. The molecule has 2 atom stereocenters. The van der Waals surface area contributed by atoms with E-state index >= 15 is 0 Å². The molecule has 2 heteroatoms. The van der Waals surface area contributed by atoms with Gasteiger partial charge >= 0.3 is 0 Å². The summed E-state index contributed by atoms with van der Waals surface area (Å²) < 4.78 is 0. The second-order valence-electron chi connectivity index (χ2n) is 5.45. The molecule has 2 aromatic rings. The van der Waals surface area contributed by atoms with Gasteiger partial charge in [0, 0.05) is 12.3 Å². The lowest BCUT2D eigenvalue weighted by atomic mass is 9.77. The van der Waals surface area contributed by atoms with Crippen LogP contribution >= 0.6 is 0 Å². The Labute approximate surface area is 118 Å². The van der Waals surface area contributed by atoms with Gasteiger partial charge in [-0.05, 0) is 22.3 Å². The molecule has 98 valence electrons. The lowest BCUT2D eigenvalue weighted by molar-refractivity contribution is -0.119. The molecule has 2 aromatic carbocycles. The average molecular weight is 261 g/mol. The average Bonchev–Trinajstić information content (AvgIpc) is 2.89. The molecule has 2 nitrogen and oxygen atoms in total. The van der Waals surface area contributed by atoms with Crippen LogP contribution in [0.1, 0.15) is 29.2 Å². The number of nitrogens with one attached hydrogen (secondary N) is 1. The summed E-state index contributed by atoms with van der Waals surface area (Å²) in [6.45, 7) is 0. The van der Waals surface area contributed by atoms with Crippen molar-refractivity contribution in [3.8, 4) is 0 Å². The Balaban J connectivity index is 1.90. The number of carbonyl (C=O) groups is 1. The summed E-state index contributed by atoms with van der Waals surface area (Å²) in [5.74, 6) is 0.401. The maximum Gasteiger partial charge on any atom is 0.221 e. The minimum Gasteiger partial charge on any atom is -0.349 e. The number of hydrogen-bond donors (Lipinski definition) is 1. The predicted molar refractivity (Wildman–Crippen MR) is 79.7 cm³/mol. The molecular weight excluding hydrogens is 246 g/mol. The molecule has 2 aliphatic rings. The molecule has 0 saturated carbocycles. The Bertz CT molecular complexity index is 702. The Hall–Kier alpha value is -2.35. The van der Waals surface area contributed by atoms with E-state index in [1.54, 1.807) is 0 Å². The molecule has 0 radical (unpaired) electrons. The van der Waals surface area contributed by atoms with E-state index in [1.165, 1.54) is 22.3 Å². The molecule has 1 aliphatic carbocycles. The molecule has 0 bridgehead atoms. The van der Waals surface area contributed by atoms with Crippen LogP contribution in [0.5, 0.6) is 0 Å². The van der Waals surface area contributed by atoms with Crippen molar-refractivity contribution >= 4 is 17.6 Å². The van der Waals surface area contributed by atoms with E-state index in [4.69, 9.17) is 0 Å². The first-order chi connectivity index (χ1) is 9.83. The smallest absolute Gasteiger partial charge is 0.221 e. The van der Waals surface area contributed by atoms with Crippen LogP contribution < -0.4 is 5.32 Å². The van der Waals surface area contributed by atoms with Crippen molar-refractivity contribution in [1.29, 1.82) is 0 Å². The zero-order chi connectivity index (χ0) is 13.5. The van der Waals surface area contributed by atoms with Crippen molar-refractivity contribution in [2.24, 2.45) is 5.92 Å². The van der Waals surface area contributed by atoms with Gasteiger partial charge in [0.2, 0.25) is 5.91 Å². The van der Waals surface area contributed by atoms with E-state index in [-0.39, 0.29) is 17.9 Å². The van der Waals surface area contributed by atoms with Gasteiger partial charge in [0.15, 0.2) is 0 Å². The second kappa shape index (κ2) is 4.34. The standard InChI is InChI=1S/C18H15NO/c20-17-11-16-15(12-6-2-1-3-7-12)10-13-8-4-5-9-14(13)18(16)19-17/h1-10,16,18H,11H2,(H,19,20). The minimum absolute atomic E-state index is 0.124. The highest BCUT2D eigenvalue weighted by Crippen LogP contribution is 2.45. The molecule has 1 fully saturated rings. The summed E-state index contributed by atoms with van der Waals surface area (Å²) >= 11 is 0. The Morgan fingerprint density at radius 2 is 1.70 bits per heavy atom. The summed E-state index contributed by atoms with van der Waals surface area (Å²) in [5, 5.41) is 3.13. The summed E-state index contributed by atoms with van der Waals surface area (Å²) in [5.41, 5.74) is 4.94. The van der Waals surface area contributed by atoms with Gasteiger partial charge in [0.05, 0.1) is 6.04 Å². The van der Waals surface area contributed by atoms with E-state index in [9.17, 15) is 4.79 Å². The third-order valence-corrected chi connectivity index (χ3v) is 4.27. The molecule has 20 heavy (non-hydrogen) atoms. The normalized spacial score (nSPS) is 23.6. The zero-order valence-corrected chi connectivity index (χ0v) is 11.0. The third-order valence-electron chi connectivity index (χ3n) is 4.27. The first-order valence-electron chi connectivity index (χ1n) is 6.98. The van der Waals surface area contributed by atoms with Gasteiger partial charge < -0.3 is 5.32 Å². The fraction of sp³-hybridized carbons (Fsp3) is 0.167. The van der Waals surface area contributed by atoms with Gasteiger partial charge in [-0.3, -0.25) is 4.79 Å². The Kier molecular flexibility index (Phi) is 2.49. The molecule has 0 spiro atoms. The summed E-state index contributed by atoms with van der Waals surface area (Å²) in [6.07, 6.45) is 2.83. The summed E-state index contributed by atoms with van der Waals surface area (Å²) in [7, 11) is 0. The van der Waals surface area contributed by atoms with E-state index in [2.05, 4.69) is 53.9 Å². The van der Waals surface area contributed by atoms with Crippen LogP contribution in [0.4, 0.5) is 0 Å². The summed E-state index contributed by atoms with van der Waals surface area (Å²) in [6, 6.07) is 18.8. The van der Waals surface area contributed by atoms with E-state index in [0.717, 1.165) is 0 Å². The van der Waals surface area contributed by atoms with Gasteiger partial charge in [-0.25, -0.2) is 0 Å². The lowest BCUT2D eigenvalue weighted by Crippen LogP contribution is -2.24. The summed E-state index contributed by atoms with van der Waals surface area (Å²) in [4.78, 5) is 11.9. The number of amides is 1. The number of fused-ring (bicyclic) bond motifs is 3. The first-order valence-corrected chi connectivity index (χ1v) is 6.98. The van der Waals surface area contributed by atoms with Gasteiger partial charge in [0.25, 0.3) is 0 Å². The predicted octanol–water partition coefficient (Wildman–Crippen LogP) is 3.42. The van der Waals surface area contributed by atoms with Crippen LogP contribution in [0.15, 0.2) is 54.6 Å². The molecule has 1 amide bonds. The largest absolute Gasteiger partial charge is 0.349 e. The molecule has 1 aliphatic heterocycles. The van der Waals surface area contributed by atoms with Gasteiger partial charge in [-0.15, -0.1) is 0 Å². The van der Waals surface area contributed by atoms with Crippen molar-refractivity contribution in [3.05, 3.63) is 71.3 Å². The van der Waals surface area contributed by atoms with Crippen LogP contribution in [0.2, 0.25) is 0 Å². The monoisotopic (exact) mass is 261 g/mol. The van der Waals surface area contributed by atoms with Gasteiger partial charge in [-0.2, -0.15) is 0 Å². The zero-order valence-electron chi connectivity index (χ0n) is 11.0. The lowest BCUT2D eigenvalue weighted by Gasteiger charge is -2.28. The van der Waals surface area contributed by atoms with Crippen molar-refractivity contribution in [3.63, 3.8) is 0 Å². The highest BCUT2D eigenvalue weighted by atomic mass is 16.2. The van der Waals surface area contributed by atoms with Gasteiger partial charge in [0.1, 0.15) is 0 Å². The molecule has 1 N–H and O–H groups in total. The number of benzene rings is 2. The maximum absolute atomic E-state index is 11.9.